The van der Waals surface area contributed by atoms with Gasteiger partial charge in [0.25, 0.3) is 5.67 Å². The zero-order chi connectivity index (χ0) is 18.9. The number of hydrogen-bond donors (Lipinski definition) is 2. The molecule has 1 rings (SSSR count). The van der Waals surface area contributed by atoms with Gasteiger partial charge in [-0.25, -0.2) is 8.96 Å². The van der Waals surface area contributed by atoms with Crippen LogP contribution in [0.5, 0.6) is 0 Å². The van der Waals surface area contributed by atoms with Crippen molar-refractivity contribution in [3.05, 3.63) is 0 Å². The molecule has 0 saturated heterocycles. The summed E-state index contributed by atoms with van der Waals surface area (Å²) in [7, 11) is -6.09. The topological polar surface area (TPSA) is 66.8 Å². The molecule has 2 N–H and O–H groups in total. The molecule has 16 heteroatoms. The molecular formula is C7H4F11O4P. The van der Waals surface area contributed by atoms with Gasteiger partial charge in [0.05, 0.1) is 0 Å². The van der Waals surface area contributed by atoms with Gasteiger partial charge in [-0.05, 0) is 0 Å². The van der Waals surface area contributed by atoms with Gasteiger partial charge in [-0.15, -0.1) is 0 Å². The van der Waals surface area contributed by atoms with Crippen molar-refractivity contribution in [3.8, 4) is 0 Å². The Balaban J connectivity index is 3.65. The first-order valence-corrected chi connectivity index (χ1v) is 6.52. The second-order valence-corrected chi connectivity index (χ2v) is 5.68. The number of alkyl halides is 11. The Bertz CT molecular complexity index is 510. The Labute approximate surface area is 118 Å². The standard InChI is InChI=1S/C7H4F11O4P/c8-2(1-22-23(19,20)21)3(9,10)5(13,14)7(17,18)6(15,16)4(2,11)12/h1H2,(H2,19,20,21). The maximum absolute atomic E-state index is 13.7. The van der Waals surface area contributed by atoms with E-state index in [1.165, 1.54) is 0 Å². The highest BCUT2D eigenvalue weighted by atomic mass is 31.2. The van der Waals surface area contributed by atoms with E-state index in [4.69, 9.17) is 9.79 Å². The van der Waals surface area contributed by atoms with Crippen molar-refractivity contribution in [2.75, 3.05) is 6.61 Å². The van der Waals surface area contributed by atoms with Crippen molar-refractivity contribution < 1.29 is 67.2 Å². The Morgan fingerprint density at radius 2 is 0.913 bits per heavy atom. The summed E-state index contributed by atoms with van der Waals surface area (Å²) in [5.74, 6) is -36.4. The molecule has 138 valence electrons. The molecule has 0 aliphatic heterocycles. The van der Waals surface area contributed by atoms with Crippen LogP contribution in [0.2, 0.25) is 0 Å². The minimum absolute atomic E-state index is 2.82. The van der Waals surface area contributed by atoms with Gasteiger partial charge in [-0.3, -0.25) is 4.52 Å². The molecule has 0 aromatic carbocycles. The van der Waals surface area contributed by atoms with Crippen LogP contribution in [0.25, 0.3) is 0 Å². The summed E-state index contributed by atoms with van der Waals surface area (Å²) in [5, 5.41) is 0. The maximum atomic E-state index is 13.7. The lowest BCUT2D eigenvalue weighted by atomic mass is 9.72. The number of phosphoric ester groups is 1. The Morgan fingerprint density at radius 3 is 1.17 bits per heavy atom. The number of halogens is 11. The summed E-state index contributed by atoms with van der Waals surface area (Å²) < 4.78 is 157. The highest BCUT2D eigenvalue weighted by Gasteiger charge is 3.01. The van der Waals surface area contributed by atoms with Crippen molar-refractivity contribution >= 4 is 7.82 Å². The van der Waals surface area contributed by atoms with Crippen molar-refractivity contribution in [2.24, 2.45) is 0 Å². The molecule has 1 aliphatic carbocycles. The highest BCUT2D eigenvalue weighted by molar-refractivity contribution is 7.46. The van der Waals surface area contributed by atoms with E-state index in [2.05, 4.69) is 4.52 Å². The third kappa shape index (κ3) is 2.19. The third-order valence-corrected chi connectivity index (χ3v) is 3.47. The molecule has 1 fully saturated rings. The van der Waals surface area contributed by atoms with Crippen molar-refractivity contribution in [3.63, 3.8) is 0 Å². The highest BCUT2D eigenvalue weighted by Crippen LogP contribution is 2.69. The minimum Gasteiger partial charge on any atom is -0.303 e. The Hall–Kier alpha value is -0.660. The van der Waals surface area contributed by atoms with E-state index in [9.17, 15) is 52.9 Å². The number of hydrogen-bond acceptors (Lipinski definition) is 2. The maximum Gasteiger partial charge on any atom is 0.469 e. The zero-order valence-corrected chi connectivity index (χ0v) is 10.9. The molecule has 4 nitrogen and oxygen atoms in total. The van der Waals surface area contributed by atoms with Crippen molar-refractivity contribution in [2.45, 2.75) is 35.3 Å². The predicted molar refractivity (Wildman–Crippen MR) is 46.6 cm³/mol. The molecular weight excluding hydrogens is 388 g/mol. The van der Waals surface area contributed by atoms with Gasteiger partial charge in [0.15, 0.2) is 0 Å². The first-order chi connectivity index (χ1) is 9.71. The Kier molecular flexibility index (Phi) is 4.17. The summed E-state index contributed by atoms with van der Waals surface area (Å²) >= 11 is 0. The van der Waals surface area contributed by atoms with Crippen LogP contribution < -0.4 is 0 Å². The largest absolute Gasteiger partial charge is 0.469 e. The van der Waals surface area contributed by atoms with Crippen molar-refractivity contribution in [1.29, 1.82) is 0 Å². The average molecular weight is 392 g/mol. The van der Waals surface area contributed by atoms with Crippen LogP contribution >= 0.6 is 7.82 Å². The van der Waals surface area contributed by atoms with Crippen LogP contribution in [-0.4, -0.2) is 51.7 Å². The van der Waals surface area contributed by atoms with E-state index in [1.807, 2.05) is 0 Å². The lowest BCUT2D eigenvalue weighted by molar-refractivity contribution is -0.486. The number of rotatable bonds is 3. The van der Waals surface area contributed by atoms with E-state index in [0.29, 0.717) is 0 Å². The quantitative estimate of drug-likeness (QED) is 0.573. The lowest BCUT2D eigenvalue weighted by Crippen LogP contribution is -2.84. The van der Waals surface area contributed by atoms with Crippen LogP contribution in [0.1, 0.15) is 0 Å². The zero-order valence-electron chi connectivity index (χ0n) is 10.0. The predicted octanol–water partition coefficient (Wildman–Crippen LogP) is 2.99. The normalized spacial score (nSPS) is 30.0. The third-order valence-electron chi connectivity index (χ3n) is 3.00. The van der Waals surface area contributed by atoms with Gasteiger partial charge in [-0.1, -0.05) is 0 Å². The van der Waals surface area contributed by atoms with E-state index >= 15 is 0 Å². The fraction of sp³-hybridized carbons (Fsp3) is 1.00. The fourth-order valence-corrected chi connectivity index (χ4v) is 1.99. The molecule has 1 aliphatic rings. The van der Waals surface area contributed by atoms with Gasteiger partial charge in [0.2, 0.25) is 0 Å². The van der Waals surface area contributed by atoms with Gasteiger partial charge in [0, 0.05) is 0 Å². The molecule has 0 aromatic heterocycles. The molecule has 23 heavy (non-hydrogen) atoms. The molecule has 1 saturated carbocycles. The van der Waals surface area contributed by atoms with Gasteiger partial charge < -0.3 is 9.79 Å². The van der Waals surface area contributed by atoms with Gasteiger partial charge in [-0.2, -0.15) is 43.9 Å². The summed E-state index contributed by atoms with van der Waals surface area (Å²) in [4.78, 5) is 16.2. The van der Waals surface area contributed by atoms with E-state index in [0.717, 1.165) is 0 Å². The van der Waals surface area contributed by atoms with E-state index < -0.39 is 49.7 Å². The van der Waals surface area contributed by atoms with Crippen molar-refractivity contribution in [1.82, 2.24) is 0 Å². The monoisotopic (exact) mass is 392 g/mol. The smallest absolute Gasteiger partial charge is 0.303 e. The van der Waals surface area contributed by atoms with Crippen LogP contribution in [-0.2, 0) is 9.09 Å². The molecule has 0 unspecified atom stereocenters. The molecule has 0 aromatic rings. The first kappa shape index (κ1) is 20.4. The molecule has 0 atom stereocenters. The fourth-order valence-electron chi connectivity index (χ4n) is 1.64. The van der Waals surface area contributed by atoms with Gasteiger partial charge in [0.1, 0.15) is 6.61 Å². The van der Waals surface area contributed by atoms with E-state index in [-0.39, 0.29) is 0 Å². The summed E-state index contributed by atoms with van der Waals surface area (Å²) in [6, 6.07) is 0. The van der Waals surface area contributed by atoms with Crippen LogP contribution in [0.4, 0.5) is 48.3 Å². The lowest BCUT2D eigenvalue weighted by Gasteiger charge is -2.52. The van der Waals surface area contributed by atoms with Gasteiger partial charge >= 0.3 is 37.4 Å². The van der Waals surface area contributed by atoms with Crippen LogP contribution in [0.3, 0.4) is 0 Å². The van der Waals surface area contributed by atoms with Crippen LogP contribution in [0, 0.1) is 0 Å². The molecule has 0 spiro atoms. The second kappa shape index (κ2) is 4.70. The van der Waals surface area contributed by atoms with Crippen LogP contribution in [0.15, 0.2) is 0 Å². The summed E-state index contributed by atoms with van der Waals surface area (Å²) in [5.41, 5.74) is -6.56. The summed E-state index contributed by atoms with van der Waals surface area (Å²) in [6.07, 6.45) is 0. The summed E-state index contributed by atoms with van der Waals surface area (Å²) in [6.45, 7) is -3.42. The molecule has 0 radical (unpaired) electrons. The number of phosphoric acid groups is 1. The molecule has 0 heterocycles. The first-order valence-electron chi connectivity index (χ1n) is 4.99. The average Bonchev–Trinajstić information content (AvgIpc) is 2.32. The molecule has 0 amide bonds. The molecule has 0 bridgehead atoms. The van der Waals surface area contributed by atoms with E-state index in [1.54, 1.807) is 0 Å². The minimum atomic E-state index is -7.38. The Morgan fingerprint density at radius 1 is 0.652 bits per heavy atom. The SMILES string of the molecule is O=P(O)(O)OCC1(F)C(F)(F)C(F)(F)C(F)(F)C(F)(F)C1(F)F. The second-order valence-electron chi connectivity index (χ2n) is 4.44.